The van der Waals surface area contributed by atoms with E-state index in [2.05, 4.69) is 4.98 Å². The summed E-state index contributed by atoms with van der Waals surface area (Å²) in [7, 11) is 0. The van der Waals surface area contributed by atoms with Crippen LogP contribution < -0.4 is 5.56 Å². The second-order valence-corrected chi connectivity index (χ2v) is 3.95. The lowest BCUT2D eigenvalue weighted by atomic mass is 10.1. The van der Waals surface area contributed by atoms with E-state index in [0.717, 1.165) is 10.9 Å². The zero-order valence-corrected chi connectivity index (χ0v) is 9.21. The summed E-state index contributed by atoms with van der Waals surface area (Å²) in [6, 6.07) is 9.17. The van der Waals surface area contributed by atoms with Crippen molar-refractivity contribution in [1.82, 2.24) is 4.98 Å². The molecule has 2 rings (SSSR count). The molecule has 2 aromatic rings. The van der Waals surface area contributed by atoms with Crippen LogP contribution in [0.2, 0.25) is 5.02 Å². The van der Waals surface area contributed by atoms with Crippen LogP contribution in [0.3, 0.4) is 0 Å². The molecule has 0 aliphatic carbocycles. The molecule has 0 atom stereocenters. The average Bonchev–Trinajstić information content (AvgIpc) is 2.26. The number of pyridine rings is 1. The Labute approximate surface area is 97.3 Å². The number of aryl methyl sites for hydroxylation is 1. The highest BCUT2D eigenvalue weighted by molar-refractivity contribution is 6.31. The maximum Gasteiger partial charge on any atom is 0.251 e. The molecule has 1 N–H and O–H groups in total. The minimum absolute atomic E-state index is 0.148. The first-order valence-electron chi connectivity index (χ1n) is 4.89. The summed E-state index contributed by atoms with van der Waals surface area (Å²) in [4.78, 5) is 14.4. The third-order valence-electron chi connectivity index (χ3n) is 2.39. The molecule has 1 aromatic carbocycles. The van der Waals surface area contributed by atoms with Crippen LogP contribution in [0.15, 0.2) is 29.1 Å². The first kappa shape index (κ1) is 10.7. The van der Waals surface area contributed by atoms with Gasteiger partial charge in [-0.2, -0.15) is 5.26 Å². The second kappa shape index (κ2) is 4.38. The van der Waals surface area contributed by atoms with Crippen LogP contribution in [0, 0.1) is 11.3 Å². The van der Waals surface area contributed by atoms with Crippen LogP contribution in [0.25, 0.3) is 10.9 Å². The Balaban J connectivity index is 2.55. The molecule has 16 heavy (non-hydrogen) atoms. The van der Waals surface area contributed by atoms with Crippen LogP contribution in [0.5, 0.6) is 0 Å². The highest BCUT2D eigenvalue weighted by Crippen LogP contribution is 2.17. The van der Waals surface area contributed by atoms with Gasteiger partial charge in [-0.25, -0.2) is 0 Å². The standard InChI is InChI=1S/C12H9ClN2O/c13-10-4-3-8-6-9(2-1-5-14)12(16)15-11(8)7-10/h3-4,6-7H,1-2H2,(H,15,16). The zero-order valence-electron chi connectivity index (χ0n) is 8.46. The number of fused-ring (bicyclic) bond motifs is 1. The lowest BCUT2D eigenvalue weighted by Crippen LogP contribution is -2.11. The number of hydrogen-bond acceptors (Lipinski definition) is 2. The van der Waals surface area contributed by atoms with Crippen molar-refractivity contribution in [2.45, 2.75) is 12.8 Å². The maximum absolute atomic E-state index is 11.6. The number of rotatable bonds is 2. The summed E-state index contributed by atoms with van der Waals surface area (Å²) in [5.74, 6) is 0. The summed E-state index contributed by atoms with van der Waals surface area (Å²) >= 11 is 5.83. The van der Waals surface area contributed by atoms with E-state index in [-0.39, 0.29) is 5.56 Å². The molecule has 0 radical (unpaired) electrons. The van der Waals surface area contributed by atoms with Crippen molar-refractivity contribution in [3.8, 4) is 6.07 Å². The number of nitriles is 1. The predicted octanol–water partition coefficient (Wildman–Crippen LogP) is 2.64. The van der Waals surface area contributed by atoms with E-state index in [1.165, 1.54) is 0 Å². The molecular weight excluding hydrogens is 224 g/mol. The topological polar surface area (TPSA) is 56.6 Å². The number of aromatic nitrogens is 1. The molecular formula is C12H9ClN2O. The van der Waals surface area contributed by atoms with E-state index in [1.807, 2.05) is 18.2 Å². The fourth-order valence-corrected chi connectivity index (χ4v) is 1.77. The lowest BCUT2D eigenvalue weighted by molar-refractivity contribution is 0.984. The Morgan fingerprint density at radius 1 is 1.38 bits per heavy atom. The third-order valence-corrected chi connectivity index (χ3v) is 2.63. The normalized spacial score (nSPS) is 10.2. The quantitative estimate of drug-likeness (QED) is 0.865. The van der Waals surface area contributed by atoms with Gasteiger partial charge in [-0.05, 0) is 30.0 Å². The molecule has 0 bridgehead atoms. The molecule has 4 heteroatoms. The third kappa shape index (κ3) is 2.07. The van der Waals surface area contributed by atoms with E-state index < -0.39 is 0 Å². The molecule has 0 unspecified atom stereocenters. The van der Waals surface area contributed by atoms with Crippen molar-refractivity contribution >= 4 is 22.5 Å². The van der Waals surface area contributed by atoms with Crippen LogP contribution in [0.1, 0.15) is 12.0 Å². The number of hydrogen-bond donors (Lipinski definition) is 1. The molecule has 80 valence electrons. The van der Waals surface area contributed by atoms with Gasteiger partial charge < -0.3 is 4.98 Å². The minimum atomic E-state index is -0.148. The minimum Gasteiger partial charge on any atom is -0.322 e. The van der Waals surface area contributed by atoms with Gasteiger partial charge in [0.05, 0.1) is 6.07 Å². The van der Waals surface area contributed by atoms with Gasteiger partial charge >= 0.3 is 0 Å². The molecule has 0 spiro atoms. The number of aromatic amines is 1. The molecule has 3 nitrogen and oxygen atoms in total. The molecule has 1 heterocycles. The van der Waals surface area contributed by atoms with Gasteiger partial charge in [0.15, 0.2) is 0 Å². The lowest BCUT2D eigenvalue weighted by Gasteiger charge is -2.01. The van der Waals surface area contributed by atoms with Crippen molar-refractivity contribution in [3.63, 3.8) is 0 Å². The molecule has 0 fully saturated rings. The SMILES string of the molecule is N#CCCc1cc2ccc(Cl)cc2[nH]c1=O. The first-order chi connectivity index (χ1) is 7.70. The smallest absolute Gasteiger partial charge is 0.251 e. The van der Waals surface area contributed by atoms with Crippen LogP contribution in [0.4, 0.5) is 0 Å². The fourth-order valence-electron chi connectivity index (χ4n) is 1.59. The zero-order chi connectivity index (χ0) is 11.5. The van der Waals surface area contributed by atoms with Gasteiger partial charge in [0.1, 0.15) is 0 Å². The predicted molar refractivity (Wildman–Crippen MR) is 63.5 cm³/mol. The largest absolute Gasteiger partial charge is 0.322 e. The Hall–Kier alpha value is -1.79. The van der Waals surface area contributed by atoms with E-state index in [0.29, 0.717) is 23.4 Å². The maximum atomic E-state index is 11.6. The number of nitrogens with one attached hydrogen (secondary N) is 1. The average molecular weight is 233 g/mol. The van der Waals surface area contributed by atoms with Gasteiger partial charge in [0.2, 0.25) is 0 Å². The van der Waals surface area contributed by atoms with Crippen LogP contribution >= 0.6 is 11.6 Å². The van der Waals surface area contributed by atoms with Crippen molar-refractivity contribution < 1.29 is 0 Å². The summed E-state index contributed by atoms with van der Waals surface area (Å²) in [5, 5.41) is 10.0. The van der Waals surface area contributed by atoms with E-state index in [4.69, 9.17) is 16.9 Å². The van der Waals surface area contributed by atoms with Gasteiger partial charge in [0, 0.05) is 22.5 Å². The summed E-state index contributed by atoms with van der Waals surface area (Å²) < 4.78 is 0. The summed E-state index contributed by atoms with van der Waals surface area (Å²) in [6.45, 7) is 0. The highest BCUT2D eigenvalue weighted by atomic mass is 35.5. The number of H-pyrrole nitrogens is 1. The Morgan fingerprint density at radius 2 is 2.19 bits per heavy atom. The molecule has 1 aromatic heterocycles. The summed E-state index contributed by atoms with van der Waals surface area (Å²) in [6.07, 6.45) is 0.826. The first-order valence-corrected chi connectivity index (χ1v) is 5.27. The number of benzene rings is 1. The van der Waals surface area contributed by atoms with Gasteiger partial charge in [-0.15, -0.1) is 0 Å². The van der Waals surface area contributed by atoms with Crippen LogP contribution in [-0.2, 0) is 6.42 Å². The molecule has 0 aliphatic heterocycles. The van der Waals surface area contributed by atoms with Gasteiger partial charge in [0.25, 0.3) is 5.56 Å². The fraction of sp³-hybridized carbons (Fsp3) is 0.167. The van der Waals surface area contributed by atoms with Gasteiger partial charge in [-0.1, -0.05) is 17.7 Å². The number of halogens is 1. The van der Waals surface area contributed by atoms with Crippen molar-refractivity contribution in [1.29, 1.82) is 5.26 Å². The Morgan fingerprint density at radius 3 is 2.94 bits per heavy atom. The summed E-state index contributed by atoms with van der Waals surface area (Å²) in [5.41, 5.74) is 1.21. The van der Waals surface area contributed by atoms with E-state index >= 15 is 0 Å². The van der Waals surface area contributed by atoms with E-state index in [9.17, 15) is 4.79 Å². The number of nitrogens with zero attached hydrogens (tertiary/aromatic N) is 1. The highest BCUT2D eigenvalue weighted by Gasteiger charge is 2.02. The Kier molecular flexibility index (Phi) is 2.93. The van der Waals surface area contributed by atoms with Crippen molar-refractivity contribution in [3.05, 3.63) is 45.2 Å². The Bertz CT molecular complexity index is 625. The second-order valence-electron chi connectivity index (χ2n) is 3.51. The van der Waals surface area contributed by atoms with Crippen LogP contribution in [-0.4, -0.2) is 4.98 Å². The van der Waals surface area contributed by atoms with E-state index in [1.54, 1.807) is 12.1 Å². The van der Waals surface area contributed by atoms with Crippen molar-refractivity contribution in [2.75, 3.05) is 0 Å². The van der Waals surface area contributed by atoms with Gasteiger partial charge in [-0.3, -0.25) is 4.79 Å². The molecule has 0 aliphatic rings. The molecule has 0 saturated carbocycles. The molecule has 0 saturated heterocycles. The monoisotopic (exact) mass is 232 g/mol. The van der Waals surface area contributed by atoms with Crippen molar-refractivity contribution in [2.24, 2.45) is 0 Å². The molecule has 0 amide bonds.